The zero-order valence-corrected chi connectivity index (χ0v) is 17.1. The van der Waals surface area contributed by atoms with Crippen LogP contribution in [-0.2, 0) is 14.8 Å². The molecule has 0 atom stereocenters. The lowest BCUT2D eigenvalue weighted by molar-refractivity contribution is -0.116. The van der Waals surface area contributed by atoms with Gasteiger partial charge >= 0.3 is 0 Å². The quantitative estimate of drug-likeness (QED) is 0.715. The van der Waals surface area contributed by atoms with Gasteiger partial charge in [-0.1, -0.05) is 23.7 Å². The Balaban J connectivity index is 1.48. The van der Waals surface area contributed by atoms with E-state index >= 15 is 0 Å². The minimum Gasteiger partial charge on any atom is -0.372 e. The maximum Gasteiger partial charge on any atom is 0.242 e. The van der Waals surface area contributed by atoms with Gasteiger partial charge in [0.25, 0.3) is 0 Å². The molecule has 2 aromatic rings. The molecule has 3 rings (SSSR count). The fourth-order valence-electron chi connectivity index (χ4n) is 3.17. The number of carbonyl (C=O) groups excluding carboxylic acids is 1. The average Bonchev–Trinajstić information content (AvgIpc) is 2.69. The van der Waals surface area contributed by atoms with Crippen molar-refractivity contribution < 1.29 is 13.2 Å². The number of sulfonamides is 1. The third-order valence-electron chi connectivity index (χ3n) is 4.64. The molecule has 28 heavy (non-hydrogen) atoms. The zero-order chi connectivity index (χ0) is 20.0. The summed E-state index contributed by atoms with van der Waals surface area (Å²) in [7, 11) is -3.75. The molecule has 150 valence electrons. The van der Waals surface area contributed by atoms with Crippen LogP contribution in [0.2, 0.25) is 5.02 Å². The summed E-state index contributed by atoms with van der Waals surface area (Å²) in [4.78, 5) is 14.5. The summed E-state index contributed by atoms with van der Waals surface area (Å²) in [5, 5.41) is 2.94. The molecule has 0 spiro atoms. The summed E-state index contributed by atoms with van der Waals surface area (Å²) in [5.74, 6) is -0.257. The Morgan fingerprint density at radius 3 is 2.36 bits per heavy atom. The van der Waals surface area contributed by atoms with E-state index in [1.54, 1.807) is 12.1 Å². The van der Waals surface area contributed by atoms with Gasteiger partial charge < -0.3 is 10.2 Å². The van der Waals surface area contributed by atoms with Gasteiger partial charge in [-0.2, -0.15) is 0 Å². The second-order valence-corrected chi connectivity index (χ2v) is 8.86. The van der Waals surface area contributed by atoms with Crippen LogP contribution >= 0.6 is 11.6 Å². The number of anilines is 2. The first-order chi connectivity index (χ1) is 13.5. The van der Waals surface area contributed by atoms with Crippen molar-refractivity contribution in [2.45, 2.75) is 30.6 Å². The van der Waals surface area contributed by atoms with Crippen molar-refractivity contribution in [1.82, 2.24) is 4.72 Å². The highest BCUT2D eigenvalue weighted by Crippen LogP contribution is 2.22. The molecular formula is C20H24ClN3O3S. The molecule has 1 fully saturated rings. The molecule has 0 bridgehead atoms. The van der Waals surface area contributed by atoms with Crippen LogP contribution in [0.5, 0.6) is 0 Å². The minimum absolute atomic E-state index is 0.00498. The smallest absolute Gasteiger partial charge is 0.242 e. The van der Waals surface area contributed by atoms with Gasteiger partial charge in [0.2, 0.25) is 15.9 Å². The van der Waals surface area contributed by atoms with Crippen LogP contribution in [0.3, 0.4) is 0 Å². The predicted octanol–water partition coefficient (Wildman–Crippen LogP) is 3.64. The third kappa shape index (κ3) is 5.47. The molecule has 6 nitrogen and oxygen atoms in total. The number of nitrogens with one attached hydrogen (secondary N) is 2. The van der Waals surface area contributed by atoms with Gasteiger partial charge in [-0.25, -0.2) is 13.1 Å². The largest absolute Gasteiger partial charge is 0.372 e. The first-order valence-electron chi connectivity index (χ1n) is 9.35. The fraction of sp³-hybridized carbons (Fsp3) is 0.350. The number of carbonyl (C=O) groups is 1. The van der Waals surface area contributed by atoms with E-state index in [1.165, 1.54) is 31.4 Å². The second-order valence-electron chi connectivity index (χ2n) is 6.72. The monoisotopic (exact) mass is 421 g/mol. The van der Waals surface area contributed by atoms with Gasteiger partial charge in [-0.3, -0.25) is 4.79 Å². The first-order valence-corrected chi connectivity index (χ1v) is 11.2. The molecule has 8 heteroatoms. The Labute approximate surface area is 170 Å². The highest BCUT2D eigenvalue weighted by molar-refractivity contribution is 7.89. The van der Waals surface area contributed by atoms with E-state index in [9.17, 15) is 13.2 Å². The number of rotatable bonds is 7. The van der Waals surface area contributed by atoms with Crippen LogP contribution in [0.4, 0.5) is 11.4 Å². The maximum absolute atomic E-state index is 12.2. The van der Waals surface area contributed by atoms with Gasteiger partial charge in [0.1, 0.15) is 4.90 Å². The lowest BCUT2D eigenvalue weighted by Crippen LogP contribution is -2.29. The van der Waals surface area contributed by atoms with Crippen molar-refractivity contribution in [3.63, 3.8) is 0 Å². The first kappa shape index (κ1) is 20.6. The molecular weight excluding hydrogens is 398 g/mol. The Morgan fingerprint density at radius 1 is 1.00 bits per heavy atom. The lowest BCUT2D eigenvalue weighted by Gasteiger charge is -2.28. The van der Waals surface area contributed by atoms with Crippen LogP contribution in [0, 0.1) is 0 Å². The summed E-state index contributed by atoms with van der Waals surface area (Å²) < 4.78 is 26.9. The molecule has 1 aliphatic heterocycles. The van der Waals surface area contributed by atoms with Gasteiger partial charge in [-0.15, -0.1) is 0 Å². The molecule has 1 aliphatic rings. The van der Waals surface area contributed by atoms with E-state index in [1.807, 2.05) is 24.3 Å². The Bertz CT molecular complexity index is 911. The van der Waals surface area contributed by atoms with Crippen molar-refractivity contribution in [1.29, 1.82) is 0 Å². The van der Waals surface area contributed by atoms with Crippen molar-refractivity contribution in [3.05, 3.63) is 53.6 Å². The van der Waals surface area contributed by atoms with Crippen LogP contribution in [0.15, 0.2) is 53.4 Å². The summed E-state index contributed by atoms with van der Waals surface area (Å²) in [6, 6.07) is 13.9. The summed E-state index contributed by atoms with van der Waals surface area (Å²) >= 11 is 5.92. The maximum atomic E-state index is 12.2. The van der Waals surface area contributed by atoms with Gasteiger partial charge in [0.05, 0.1) is 5.02 Å². The van der Waals surface area contributed by atoms with Crippen LogP contribution < -0.4 is 14.9 Å². The third-order valence-corrected chi connectivity index (χ3v) is 6.60. The minimum atomic E-state index is -3.75. The predicted molar refractivity (Wildman–Crippen MR) is 112 cm³/mol. The highest BCUT2D eigenvalue weighted by Gasteiger charge is 2.17. The van der Waals surface area contributed by atoms with Crippen LogP contribution in [0.1, 0.15) is 25.7 Å². The normalized spacial score (nSPS) is 14.7. The van der Waals surface area contributed by atoms with E-state index in [-0.39, 0.29) is 28.8 Å². The number of hydrogen-bond donors (Lipinski definition) is 2. The summed E-state index contributed by atoms with van der Waals surface area (Å²) in [6.45, 7) is 2.12. The van der Waals surface area contributed by atoms with Gasteiger partial charge in [0, 0.05) is 37.4 Å². The van der Waals surface area contributed by atoms with Gasteiger partial charge in [-0.05, 0) is 55.7 Å². The molecule has 0 saturated carbocycles. The van der Waals surface area contributed by atoms with Crippen molar-refractivity contribution in [2.75, 3.05) is 29.9 Å². The Hall–Kier alpha value is -2.09. The van der Waals surface area contributed by atoms with E-state index in [0.717, 1.165) is 18.8 Å². The Kier molecular flexibility index (Phi) is 6.93. The molecule has 0 radical (unpaired) electrons. The van der Waals surface area contributed by atoms with E-state index in [2.05, 4.69) is 14.9 Å². The summed E-state index contributed by atoms with van der Waals surface area (Å²) in [6.07, 6.45) is 3.73. The number of hydrogen-bond acceptors (Lipinski definition) is 4. The van der Waals surface area contributed by atoms with Crippen molar-refractivity contribution >= 4 is 38.9 Å². The average molecular weight is 422 g/mol. The van der Waals surface area contributed by atoms with E-state index in [4.69, 9.17) is 11.6 Å². The topological polar surface area (TPSA) is 78.5 Å². The molecule has 1 heterocycles. The molecule has 1 saturated heterocycles. The molecule has 2 N–H and O–H groups in total. The molecule has 0 unspecified atom stereocenters. The fourth-order valence-corrected chi connectivity index (χ4v) is 4.72. The van der Waals surface area contributed by atoms with Crippen LogP contribution in [0.25, 0.3) is 0 Å². The molecule has 0 aliphatic carbocycles. The van der Waals surface area contributed by atoms with E-state index < -0.39 is 10.0 Å². The number of benzene rings is 2. The number of piperidine rings is 1. The number of nitrogens with zero attached hydrogens (tertiary/aromatic N) is 1. The SMILES string of the molecule is O=C(CCNS(=O)(=O)c1ccccc1Cl)Nc1ccc(N2CCCCC2)cc1. The van der Waals surface area contributed by atoms with Crippen LogP contribution in [-0.4, -0.2) is 34.0 Å². The second kappa shape index (κ2) is 9.41. The number of amides is 1. The van der Waals surface area contributed by atoms with Crippen molar-refractivity contribution in [3.8, 4) is 0 Å². The van der Waals surface area contributed by atoms with Gasteiger partial charge in [0.15, 0.2) is 0 Å². The summed E-state index contributed by atoms with van der Waals surface area (Å²) in [5.41, 5.74) is 1.85. The lowest BCUT2D eigenvalue weighted by atomic mass is 10.1. The molecule has 2 aromatic carbocycles. The molecule has 1 amide bonds. The highest BCUT2D eigenvalue weighted by atomic mass is 35.5. The molecule has 0 aromatic heterocycles. The standard InChI is InChI=1S/C20H24ClN3O3S/c21-18-6-2-3-7-19(18)28(26,27)22-13-12-20(25)23-16-8-10-17(11-9-16)24-14-4-1-5-15-24/h2-3,6-11,22H,1,4-5,12-15H2,(H,23,25). The van der Waals surface area contributed by atoms with E-state index in [0.29, 0.717) is 5.69 Å². The Morgan fingerprint density at radius 2 is 1.68 bits per heavy atom. The number of halogens is 1. The van der Waals surface area contributed by atoms with Crippen molar-refractivity contribution in [2.24, 2.45) is 0 Å². The zero-order valence-electron chi connectivity index (χ0n) is 15.5.